The van der Waals surface area contributed by atoms with Crippen molar-refractivity contribution in [3.63, 3.8) is 0 Å². The van der Waals surface area contributed by atoms with Gasteiger partial charge in [0, 0.05) is 24.8 Å². The minimum absolute atomic E-state index is 0.0151. The van der Waals surface area contributed by atoms with Gasteiger partial charge in [0.15, 0.2) is 5.65 Å². The van der Waals surface area contributed by atoms with Crippen molar-refractivity contribution < 1.29 is 28.6 Å². The van der Waals surface area contributed by atoms with Gasteiger partial charge in [-0.25, -0.2) is 28.5 Å². The second kappa shape index (κ2) is 9.71. The summed E-state index contributed by atoms with van der Waals surface area (Å²) in [6.45, 7) is 6.91. The van der Waals surface area contributed by atoms with Gasteiger partial charge in [-0.3, -0.25) is 0 Å². The number of aromatic carboxylic acids is 1. The van der Waals surface area contributed by atoms with E-state index in [1.807, 2.05) is 4.90 Å². The number of carboxylic acid groups (broad SMARTS) is 1. The van der Waals surface area contributed by atoms with Crippen molar-refractivity contribution in [1.82, 2.24) is 24.9 Å². The van der Waals surface area contributed by atoms with E-state index in [1.165, 1.54) is 16.8 Å². The highest BCUT2D eigenvalue weighted by atomic mass is 19.1. The van der Waals surface area contributed by atoms with Crippen LogP contribution in [0, 0.1) is 5.82 Å². The van der Waals surface area contributed by atoms with Gasteiger partial charge in [-0.2, -0.15) is 5.10 Å². The number of carbonyl (C=O) groups excluding carboxylic acids is 1. The number of carbonyl (C=O) groups is 2. The molecule has 38 heavy (non-hydrogen) atoms. The second-order valence-corrected chi connectivity index (χ2v) is 10.6. The molecule has 1 aliphatic carbocycles. The monoisotopic (exact) mass is 527 g/mol. The predicted octanol–water partition coefficient (Wildman–Crippen LogP) is 3.01. The minimum Gasteiger partial charge on any atom is -0.477 e. The molecule has 0 spiro atoms. The van der Waals surface area contributed by atoms with E-state index in [1.54, 1.807) is 33.0 Å². The number of rotatable bonds is 7. The Morgan fingerprint density at radius 3 is 2.82 bits per heavy atom. The average molecular weight is 528 g/mol. The summed E-state index contributed by atoms with van der Waals surface area (Å²) < 4.78 is 27.0. The summed E-state index contributed by atoms with van der Waals surface area (Å²) in [4.78, 5) is 34.7. The number of hydrogen-bond acceptors (Lipinski definition) is 9. The third kappa shape index (κ3) is 5.47. The molecule has 1 amide bonds. The third-order valence-electron chi connectivity index (χ3n) is 6.46. The van der Waals surface area contributed by atoms with E-state index in [9.17, 15) is 19.1 Å². The Morgan fingerprint density at radius 1 is 1.32 bits per heavy atom. The van der Waals surface area contributed by atoms with E-state index in [-0.39, 0.29) is 17.8 Å². The average Bonchev–Trinajstić information content (AvgIpc) is 3.47. The van der Waals surface area contributed by atoms with Crippen LogP contribution >= 0.6 is 0 Å². The molecule has 4 heterocycles. The lowest BCUT2D eigenvalue weighted by atomic mass is 10.0. The number of aromatic nitrogens is 4. The first kappa shape index (κ1) is 25.6. The molecule has 3 aromatic heterocycles. The molecule has 0 bridgehead atoms. The van der Waals surface area contributed by atoms with E-state index in [2.05, 4.69) is 25.7 Å². The molecule has 1 saturated carbocycles. The number of amides is 1. The number of alkyl carbamates (subject to hydrolysis) is 1. The Kier molecular flexibility index (Phi) is 6.55. The van der Waals surface area contributed by atoms with Crippen LogP contribution in [-0.2, 0) is 9.47 Å². The van der Waals surface area contributed by atoms with Crippen molar-refractivity contribution in [1.29, 1.82) is 0 Å². The Balaban J connectivity index is 1.39. The van der Waals surface area contributed by atoms with Crippen LogP contribution < -0.4 is 15.5 Å². The van der Waals surface area contributed by atoms with Gasteiger partial charge in [0.25, 0.3) is 0 Å². The van der Waals surface area contributed by atoms with Gasteiger partial charge in [-0.05, 0) is 45.7 Å². The lowest BCUT2D eigenvalue weighted by molar-refractivity contribution is 0.0499. The van der Waals surface area contributed by atoms with Crippen LogP contribution in [0.25, 0.3) is 5.65 Å². The van der Waals surface area contributed by atoms with Crippen molar-refractivity contribution in [2.45, 2.75) is 50.8 Å². The van der Waals surface area contributed by atoms with E-state index in [4.69, 9.17) is 9.47 Å². The zero-order chi connectivity index (χ0) is 27.1. The number of carboxylic acids is 1. The van der Waals surface area contributed by atoms with Gasteiger partial charge >= 0.3 is 12.1 Å². The number of nitrogens with one attached hydrogen (secondary N) is 2. The van der Waals surface area contributed by atoms with Crippen molar-refractivity contribution in [2.24, 2.45) is 0 Å². The molecule has 3 N–H and O–H groups in total. The van der Waals surface area contributed by atoms with Crippen LogP contribution in [0.4, 0.5) is 20.8 Å². The molecule has 5 rings (SSSR count). The number of halogens is 1. The molecule has 2 fully saturated rings. The zero-order valence-corrected chi connectivity index (χ0v) is 21.4. The predicted molar refractivity (Wildman–Crippen MR) is 135 cm³/mol. The maximum atomic E-state index is 14.4. The van der Waals surface area contributed by atoms with Crippen molar-refractivity contribution in [3.05, 3.63) is 47.7 Å². The summed E-state index contributed by atoms with van der Waals surface area (Å²) in [5.41, 5.74) is -0.326. The summed E-state index contributed by atoms with van der Waals surface area (Å²) >= 11 is 0. The van der Waals surface area contributed by atoms with E-state index >= 15 is 0 Å². The quantitative estimate of drug-likeness (QED) is 0.419. The normalized spacial score (nSPS) is 18.7. The summed E-state index contributed by atoms with van der Waals surface area (Å²) in [7, 11) is 0. The van der Waals surface area contributed by atoms with Gasteiger partial charge in [0.2, 0.25) is 0 Å². The number of fused-ring (bicyclic) bond motifs is 1. The van der Waals surface area contributed by atoms with Gasteiger partial charge in [0.05, 0.1) is 37.2 Å². The first-order valence-electron chi connectivity index (χ1n) is 12.4. The summed E-state index contributed by atoms with van der Waals surface area (Å²) in [6.07, 6.45) is 5.08. The van der Waals surface area contributed by atoms with Crippen molar-refractivity contribution in [3.8, 4) is 0 Å². The van der Waals surface area contributed by atoms with Gasteiger partial charge < -0.3 is 30.1 Å². The SMILES string of the molecule is CC(C)(C)OC(=O)NC1(CNc2ncc(F)cc2C2COCCN2c2ccn3ncc(C(=O)O)c3n2)CC1. The molecule has 3 aromatic rings. The lowest BCUT2D eigenvalue weighted by Gasteiger charge is -2.37. The van der Waals surface area contributed by atoms with E-state index in [0.29, 0.717) is 36.9 Å². The van der Waals surface area contributed by atoms with E-state index < -0.39 is 35.1 Å². The summed E-state index contributed by atoms with van der Waals surface area (Å²) in [5.74, 6) is -0.662. The smallest absolute Gasteiger partial charge is 0.408 e. The number of ether oxygens (including phenoxy) is 2. The summed E-state index contributed by atoms with van der Waals surface area (Å²) in [6, 6.07) is 2.69. The first-order chi connectivity index (χ1) is 18.0. The number of hydrogen-bond donors (Lipinski definition) is 3. The summed E-state index contributed by atoms with van der Waals surface area (Å²) in [5, 5.41) is 19.8. The van der Waals surface area contributed by atoms with E-state index in [0.717, 1.165) is 19.0 Å². The molecule has 1 aliphatic heterocycles. The molecule has 2 aliphatic rings. The molecule has 13 heteroatoms. The van der Waals surface area contributed by atoms with Crippen LogP contribution in [0.15, 0.2) is 30.7 Å². The standard InChI is InChI=1S/C25H30FN7O5/c1-24(2,3)38-23(36)31-25(5-6-25)14-28-20-16(10-15(26)11-27-20)18-13-37-9-8-32(18)19-4-7-33-21(30-19)17(12-29-33)22(34)35/h4,7,10-12,18H,5-6,8-9,13-14H2,1-3H3,(H,27,28)(H,31,36)(H,34,35). The number of nitrogens with zero attached hydrogens (tertiary/aromatic N) is 5. The second-order valence-electron chi connectivity index (χ2n) is 10.6. The fraction of sp³-hybridized carbons (Fsp3) is 0.480. The highest BCUT2D eigenvalue weighted by Gasteiger charge is 2.45. The van der Waals surface area contributed by atoms with Crippen LogP contribution in [0.2, 0.25) is 0 Å². The Hall–Kier alpha value is -4.00. The molecular formula is C25H30FN7O5. The van der Waals surface area contributed by atoms with Crippen molar-refractivity contribution >= 4 is 29.3 Å². The molecule has 1 saturated heterocycles. The number of pyridine rings is 1. The molecule has 202 valence electrons. The third-order valence-corrected chi connectivity index (χ3v) is 6.46. The van der Waals surface area contributed by atoms with Crippen LogP contribution in [0.5, 0.6) is 0 Å². The molecule has 1 unspecified atom stereocenters. The van der Waals surface area contributed by atoms with Gasteiger partial charge in [-0.1, -0.05) is 0 Å². The first-order valence-corrected chi connectivity index (χ1v) is 12.4. The van der Waals surface area contributed by atoms with Crippen LogP contribution in [-0.4, -0.2) is 74.2 Å². The molecule has 12 nitrogen and oxygen atoms in total. The maximum Gasteiger partial charge on any atom is 0.408 e. The fourth-order valence-corrected chi connectivity index (χ4v) is 4.43. The molecule has 1 atom stereocenters. The van der Waals surface area contributed by atoms with Crippen molar-refractivity contribution in [2.75, 3.05) is 36.5 Å². The number of anilines is 2. The number of morpholine rings is 1. The molecule has 0 aromatic carbocycles. The highest BCUT2D eigenvalue weighted by molar-refractivity contribution is 5.94. The molecular weight excluding hydrogens is 497 g/mol. The topological polar surface area (TPSA) is 143 Å². The van der Waals surface area contributed by atoms with Gasteiger partial charge in [0.1, 0.15) is 28.6 Å². The Bertz CT molecular complexity index is 1370. The van der Waals surface area contributed by atoms with Crippen LogP contribution in [0.1, 0.15) is 55.6 Å². The lowest BCUT2D eigenvalue weighted by Crippen LogP contribution is -2.45. The highest BCUT2D eigenvalue weighted by Crippen LogP contribution is 2.37. The zero-order valence-electron chi connectivity index (χ0n) is 21.4. The van der Waals surface area contributed by atoms with Gasteiger partial charge in [-0.15, -0.1) is 0 Å². The maximum absolute atomic E-state index is 14.4. The minimum atomic E-state index is -1.13. The largest absolute Gasteiger partial charge is 0.477 e. The Labute approximate surface area is 218 Å². The Morgan fingerprint density at radius 2 is 2.11 bits per heavy atom. The molecule has 0 radical (unpaired) electrons. The van der Waals surface area contributed by atoms with Crippen LogP contribution in [0.3, 0.4) is 0 Å². The fourth-order valence-electron chi connectivity index (χ4n) is 4.43.